The number of fused-ring (bicyclic) bond motifs is 1. The molecule has 0 aromatic heterocycles. The lowest BCUT2D eigenvalue weighted by molar-refractivity contribution is -0.121. The van der Waals surface area contributed by atoms with E-state index in [1.807, 2.05) is 68.4 Å². The van der Waals surface area contributed by atoms with Crippen molar-refractivity contribution in [1.82, 2.24) is 4.90 Å². The highest BCUT2D eigenvalue weighted by atomic mass is 16.5. The van der Waals surface area contributed by atoms with Crippen LogP contribution in [0.5, 0.6) is 11.5 Å². The van der Waals surface area contributed by atoms with E-state index < -0.39 is 0 Å². The van der Waals surface area contributed by atoms with Crippen molar-refractivity contribution in [3.63, 3.8) is 0 Å². The van der Waals surface area contributed by atoms with Gasteiger partial charge in [-0.3, -0.25) is 9.69 Å². The summed E-state index contributed by atoms with van der Waals surface area (Å²) in [5, 5.41) is 5.31. The van der Waals surface area contributed by atoms with Crippen molar-refractivity contribution >= 4 is 22.4 Å². The zero-order chi connectivity index (χ0) is 21.6. The van der Waals surface area contributed by atoms with Crippen LogP contribution in [-0.2, 0) is 4.79 Å². The van der Waals surface area contributed by atoms with Gasteiger partial charge in [-0.15, -0.1) is 0 Å². The molecule has 1 atom stereocenters. The molecule has 5 heteroatoms. The third-order valence-electron chi connectivity index (χ3n) is 5.89. The van der Waals surface area contributed by atoms with E-state index >= 15 is 0 Å². The number of carbonyl (C=O) groups is 1. The monoisotopic (exact) mass is 418 g/mol. The Bertz CT molecular complexity index is 1020. The molecule has 4 rings (SSSR count). The zero-order valence-corrected chi connectivity index (χ0v) is 18.2. The lowest BCUT2D eigenvalue weighted by atomic mass is 10.0. The molecular formula is C26H30N2O3. The van der Waals surface area contributed by atoms with Gasteiger partial charge in [-0.25, -0.2) is 0 Å². The highest BCUT2D eigenvalue weighted by Gasteiger charge is 2.28. The molecule has 0 bridgehead atoms. The third kappa shape index (κ3) is 5.00. The number of hydrogen-bond donors (Lipinski definition) is 1. The Hall–Kier alpha value is -3.05. The van der Waals surface area contributed by atoms with E-state index in [4.69, 9.17) is 9.47 Å². The number of benzene rings is 3. The van der Waals surface area contributed by atoms with Crippen molar-refractivity contribution in [3.8, 4) is 11.5 Å². The van der Waals surface area contributed by atoms with Crippen LogP contribution in [0.15, 0.2) is 66.7 Å². The van der Waals surface area contributed by atoms with Crippen LogP contribution < -0.4 is 14.8 Å². The summed E-state index contributed by atoms with van der Waals surface area (Å²) in [5.74, 6) is 1.61. The normalized spacial score (nSPS) is 16.1. The molecule has 1 amide bonds. The molecule has 0 saturated carbocycles. The molecule has 31 heavy (non-hydrogen) atoms. The number of nitrogens with zero attached hydrogens (tertiary/aromatic N) is 1. The number of likely N-dealkylation sites (tertiary alicyclic amines) is 1. The van der Waals surface area contributed by atoms with Gasteiger partial charge < -0.3 is 14.8 Å². The van der Waals surface area contributed by atoms with Crippen molar-refractivity contribution in [2.75, 3.05) is 25.0 Å². The molecule has 1 saturated heterocycles. The van der Waals surface area contributed by atoms with Gasteiger partial charge in [0.15, 0.2) is 11.5 Å². The van der Waals surface area contributed by atoms with Crippen molar-refractivity contribution in [2.45, 2.75) is 38.8 Å². The molecule has 1 heterocycles. The van der Waals surface area contributed by atoms with E-state index in [0.717, 1.165) is 53.9 Å². The maximum absolute atomic E-state index is 12.9. The van der Waals surface area contributed by atoms with E-state index in [0.29, 0.717) is 6.61 Å². The highest BCUT2D eigenvalue weighted by Crippen LogP contribution is 2.30. The van der Waals surface area contributed by atoms with Crippen LogP contribution in [0.25, 0.3) is 10.8 Å². The fourth-order valence-corrected chi connectivity index (χ4v) is 4.12. The summed E-state index contributed by atoms with van der Waals surface area (Å²) in [6.45, 7) is 6.21. The number of anilines is 1. The molecule has 1 unspecified atom stereocenters. The number of rotatable bonds is 7. The summed E-state index contributed by atoms with van der Waals surface area (Å²) in [4.78, 5) is 15.2. The lowest BCUT2D eigenvalue weighted by Gasteiger charge is -2.35. The molecule has 0 spiro atoms. The van der Waals surface area contributed by atoms with Crippen LogP contribution in [0, 0.1) is 0 Å². The Morgan fingerprint density at radius 1 is 1.00 bits per heavy atom. The fraction of sp³-hybridized carbons (Fsp3) is 0.346. The van der Waals surface area contributed by atoms with Gasteiger partial charge in [0.05, 0.1) is 12.6 Å². The van der Waals surface area contributed by atoms with Gasteiger partial charge in [0.1, 0.15) is 6.10 Å². The van der Waals surface area contributed by atoms with E-state index in [1.54, 1.807) is 0 Å². The predicted molar refractivity (Wildman–Crippen MR) is 125 cm³/mol. The van der Waals surface area contributed by atoms with Crippen LogP contribution in [0.2, 0.25) is 0 Å². The largest absolute Gasteiger partial charge is 0.490 e. The minimum Gasteiger partial charge on any atom is -0.490 e. The topological polar surface area (TPSA) is 50.8 Å². The van der Waals surface area contributed by atoms with Crippen molar-refractivity contribution < 1.29 is 14.3 Å². The number of piperidine rings is 1. The minimum absolute atomic E-state index is 0.0254. The first-order valence-corrected chi connectivity index (χ1v) is 11.1. The summed E-state index contributed by atoms with van der Waals surface area (Å²) >= 11 is 0. The van der Waals surface area contributed by atoms with E-state index in [-0.39, 0.29) is 18.1 Å². The lowest BCUT2D eigenvalue weighted by Crippen LogP contribution is -2.47. The molecular weight excluding hydrogens is 388 g/mol. The Kier molecular flexibility index (Phi) is 6.73. The molecule has 0 aliphatic carbocycles. The summed E-state index contributed by atoms with van der Waals surface area (Å²) in [6, 6.07) is 21.7. The molecule has 1 aliphatic rings. The number of hydrogen-bond acceptors (Lipinski definition) is 4. The first-order valence-electron chi connectivity index (χ1n) is 11.1. The van der Waals surface area contributed by atoms with Gasteiger partial charge in [0.25, 0.3) is 0 Å². The van der Waals surface area contributed by atoms with Crippen molar-refractivity contribution in [3.05, 3.63) is 66.7 Å². The number of para-hydroxylation sites is 2. The summed E-state index contributed by atoms with van der Waals surface area (Å²) in [5.41, 5.74) is 0.862. The maximum atomic E-state index is 12.9. The van der Waals surface area contributed by atoms with Gasteiger partial charge in [-0.1, -0.05) is 48.5 Å². The van der Waals surface area contributed by atoms with Gasteiger partial charge in [0.2, 0.25) is 5.91 Å². The van der Waals surface area contributed by atoms with Gasteiger partial charge in [0, 0.05) is 24.2 Å². The van der Waals surface area contributed by atoms with E-state index in [9.17, 15) is 4.79 Å². The molecule has 3 aromatic rings. The number of amides is 1. The first kappa shape index (κ1) is 21.2. The number of nitrogens with one attached hydrogen (secondary N) is 1. The average Bonchev–Trinajstić information content (AvgIpc) is 2.81. The molecule has 0 radical (unpaired) electrons. The molecule has 1 N–H and O–H groups in total. The molecule has 162 valence electrons. The SMILES string of the molecule is CCOc1ccccc1OC1CCN(C(C)C(=O)Nc2cccc3ccccc23)CC1. The van der Waals surface area contributed by atoms with Crippen LogP contribution in [0.3, 0.4) is 0 Å². The molecule has 1 fully saturated rings. The quantitative estimate of drug-likeness (QED) is 0.579. The third-order valence-corrected chi connectivity index (χ3v) is 5.89. The predicted octanol–water partition coefficient (Wildman–Crippen LogP) is 5.11. The fourth-order valence-electron chi connectivity index (χ4n) is 4.12. The standard InChI is InChI=1S/C26H30N2O3/c1-3-30-24-13-6-7-14-25(24)31-21-15-17-28(18-16-21)19(2)26(29)27-23-12-8-10-20-9-4-5-11-22(20)23/h4-14,19,21H,3,15-18H2,1-2H3,(H,27,29). The van der Waals surface area contributed by atoms with Crippen LogP contribution >= 0.6 is 0 Å². The molecule has 5 nitrogen and oxygen atoms in total. The zero-order valence-electron chi connectivity index (χ0n) is 18.2. The highest BCUT2D eigenvalue weighted by molar-refractivity contribution is 6.03. The summed E-state index contributed by atoms with van der Waals surface area (Å²) in [7, 11) is 0. The second-order valence-corrected chi connectivity index (χ2v) is 7.92. The molecule has 3 aromatic carbocycles. The summed E-state index contributed by atoms with van der Waals surface area (Å²) < 4.78 is 11.9. The van der Waals surface area contributed by atoms with Gasteiger partial charge in [-0.05, 0) is 50.3 Å². The number of carbonyl (C=O) groups excluding carboxylic acids is 1. The van der Waals surface area contributed by atoms with Gasteiger partial charge >= 0.3 is 0 Å². The smallest absolute Gasteiger partial charge is 0.241 e. The van der Waals surface area contributed by atoms with Crippen LogP contribution in [0.4, 0.5) is 5.69 Å². The molecule has 1 aliphatic heterocycles. The second-order valence-electron chi connectivity index (χ2n) is 7.92. The second kappa shape index (κ2) is 9.84. The van der Waals surface area contributed by atoms with E-state index in [1.165, 1.54) is 0 Å². The number of ether oxygens (including phenoxy) is 2. The van der Waals surface area contributed by atoms with E-state index in [2.05, 4.69) is 22.3 Å². The Morgan fingerprint density at radius 2 is 1.68 bits per heavy atom. The Balaban J connectivity index is 1.34. The van der Waals surface area contributed by atoms with Crippen LogP contribution in [-0.4, -0.2) is 42.6 Å². The van der Waals surface area contributed by atoms with Crippen molar-refractivity contribution in [2.24, 2.45) is 0 Å². The minimum atomic E-state index is -0.198. The Labute approximate surface area is 184 Å². The Morgan fingerprint density at radius 3 is 2.45 bits per heavy atom. The van der Waals surface area contributed by atoms with Crippen molar-refractivity contribution in [1.29, 1.82) is 0 Å². The average molecular weight is 419 g/mol. The van der Waals surface area contributed by atoms with Crippen LogP contribution in [0.1, 0.15) is 26.7 Å². The first-order chi connectivity index (χ1) is 15.2. The van der Waals surface area contributed by atoms with Gasteiger partial charge in [-0.2, -0.15) is 0 Å². The maximum Gasteiger partial charge on any atom is 0.241 e. The summed E-state index contributed by atoms with van der Waals surface area (Å²) in [6.07, 6.45) is 1.89.